The molecule has 14 heavy (non-hydrogen) atoms. The number of hydrogen-bond acceptors (Lipinski definition) is 2. The lowest BCUT2D eigenvalue weighted by Gasteiger charge is -2.09. The minimum Gasteiger partial charge on any atom is -0.287 e. The van der Waals surface area contributed by atoms with Crippen LogP contribution in [0.25, 0.3) is 0 Å². The van der Waals surface area contributed by atoms with Gasteiger partial charge in [-0.05, 0) is 6.07 Å². The molecule has 0 unspecified atom stereocenters. The molecule has 0 N–H and O–H groups in total. The molecule has 0 spiro atoms. The first-order valence-electron chi connectivity index (χ1n) is 3.56. The van der Waals surface area contributed by atoms with Crippen LogP contribution in [0.1, 0.15) is 17.3 Å². The van der Waals surface area contributed by atoms with E-state index in [0.717, 1.165) is 12.3 Å². The van der Waals surface area contributed by atoms with Gasteiger partial charge in [-0.2, -0.15) is 8.78 Å². The molecule has 0 aromatic carbocycles. The largest absolute Gasteiger partial charge is 0.307 e. The van der Waals surface area contributed by atoms with Crippen LogP contribution in [0.15, 0.2) is 12.3 Å². The summed E-state index contributed by atoms with van der Waals surface area (Å²) in [6, 6.07) is 0.796. The number of alkyl halides is 2. The summed E-state index contributed by atoms with van der Waals surface area (Å²) < 4.78 is 38.1. The molecule has 0 saturated heterocycles. The molecule has 0 atom stereocenters. The van der Waals surface area contributed by atoms with Crippen molar-refractivity contribution >= 4 is 17.4 Å². The number of carbonyl (C=O) groups excluding carboxylic acids is 1. The fourth-order valence-corrected chi connectivity index (χ4v) is 1.07. The number of rotatable bonds is 2. The van der Waals surface area contributed by atoms with Crippen LogP contribution in [0.5, 0.6) is 0 Å². The third-order valence-electron chi connectivity index (χ3n) is 1.48. The molecule has 1 heterocycles. The maximum atomic E-state index is 13.0. The van der Waals surface area contributed by atoms with Crippen LogP contribution < -0.4 is 0 Å². The van der Waals surface area contributed by atoms with E-state index in [-0.39, 0.29) is 0 Å². The fourth-order valence-electron chi connectivity index (χ4n) is 0.836. The molecule has 0 aliphatic rings. The van der Waals surface area contributed by atoms with Gasteiger partial charge in [-0.25, -0.2) is 9.37 Å². The summed E-state index contributed by atoms with van der Waals surface area (Å²) in [6.07, 6.45) is 0.988. The Morgan fingerprint density at radius 3 is 2.57 bits per heavy atom. The number of halogens is 4. The van der Waals surface area contributed by atoms with Crippen molar-refractivity contribution in [3.05, 3.63) is 28.8 Å². The van der Waals surface area contributed by atoms with Crippen molar-refractivity contribution in [2.45, 2.75) is 12.8 Å². The van der Waals surface area contributed by atoms with E-state index in [1.54, 1.807) is 0 Å². The van der Waals surface area contributed by atoms with Gasteiger partial charge in [-0.3, -0.25) is 4.79 Å². The zero-order valence-corrected chi connectivity index (χ0v) is 7.78. The highest BCUT2D eigenvalue weighted by Crippen LogP contribution is 2.25. The van der Waals surface area contributed by atoms with Crippen molar-refractivity contribution in [2.24, 2.45) is 0 Å². The van der Waals surface area contributed by atoms with Gasteiger partial charge in [0.15, 0.2) is 0 Å². The van der Waals surface area contributed by atoms with Gasteiger partial charge >= 0.3 is 5.92 Å². The Labute approximate surface area is 82.7 Å². The van der Waals surface area contributed by atoms with Crippen LogP contribution in [0.3, 0.4) is 0 Å². The third-order valence-corrected chi connectivity index (χ3v) is 1.77. The van der Waals surface area contributed by atoms with Crippen LogP contribution in [-0.4, -0.2) is 16.7 Å². The molecule has 76 valence electrons. The van der Waals surface area contributed by atoms with Gasteiger partial charge < -0.3 is 0 Å². The number of nitrogens with zero attached hydrogens (tertiary/aromatic N) is 1. The summed E-state index contributed by atoms with van der Waals surface area (Å²) in [5.41, 5.74) is -0.873. The molecule has 0 aliphatic carbocycles. The number of ketones is 1. The molecule has 0 aliphatic heterocycles. The maximum absolute atomic E-state index is 13.0. The van der Waals surface area contributed by atoms with E-state index in [4.69, 9.17) is 11.6 Å². The molecule has 6 heteroatoms. The summed E-state index contributed by atoms with van der Waals surface area (Å²) >= 11 is 5.33. The molecule has 0 radical (unpaired) electrons. The molecule has 0 amide bonds. The second-order valence-corrected chi connectivity index (χ2v) is 3.03. The normalized spacial score (nSPS) is 11.5. The molecule has 0 bridgehead atoms. The second-order valence-electron chi connectivity index (χ2n) is 2.68. The first-order chi connectivity index (χ1) is 6.34. The number of pyridine rings is 1. The number of carbonyl (C=O) groups is 1. The number of Topliss-reactive ketones (excluding diaryl/α,β-unsaturated/α-hetero) is 1. The Bertz CT molecular complexity index is 355. The van der Waals surface area contributed by atoms with Crippen molar-refractivity contribution < 1.29 is 18.0 Å². The molecular weight excluding hydrogens is 219 g/mol. The van der Waals surface area contributed by atoms with Gasteiger partial charge in [0, 0.05) is 13.1 Å². The molecule has 1 rings (SSSR count). The lowest BCUT2D eigenvalue weighted by Crippen LogP contribution is -2.26. The van der Waals surface area contributed by atoms with E-state index >= 15 is 0 Å². The average molecular weight is 224 g/mol. The first-order valence-corrected chi connectivity index (χ1v) is 3.94. The zero-order chi connectivity index (χ0) is 10.9. The second kappa shape index (κ2) is 3.57. The van der Waals surface area contributed by atoms with E-state index in [9.17, 15) is 18.0 Å². The van der Waals surface area contributed by atoms with Gasteiger partial charge in [0.05, 0.1) is 5.56 Å². The topological polar surface area (TPSA) is 30.0 Å². The van der Waals surface area contributed by atoms with Crippen molar-refractivity contribution in [3.8, 4) is 0 Å². The van der Waals surface area contributed by atoms with Gasteiger partial charge in [0.1, 0.15) is 11.0 Å². The highest BCUT2D eigenvalue weighted by molar-refractivity contribution is 6.33. The molecular formula is C8H5ClF3NO. The van der Waals surface area contributed by atoms with E-state index in [0.29, 0.717) is 6.92 Å². The van der Waals surface area contributed by atoms with Crippen LogP contribution in [-0.2, 0) is 0 Å². The van der Waals surface area contributed by atoms with Crippen molar-refractivity contribution in [2.75, 3.05) is 0 Å². The molecule has 1 aromatic rings. The number of hydrogen-bond donors (Lipinski definition) is 0. The smallest absolute Gasteiger partial charge is 0.287 e. The van der Waals surface area contributed by atoms with Crippen molar-refractivity contribution in [1.82, 2.24) is 4.98 Å². The van der Waals surface area contributed by atoms with Crippen LogP contribution in [0.4, 0.5) is 13.2 Å². The minimum atomic E-state index is -3.66. The van der Waals surface area contributed by atoms with Crippen LogP contribution in [0, 0.1) is 5.82 Å². The molecule has 1 aromatic heterocycles. The lowest BCUT2D eigenvalue weighted by molar-refractivity contribution is 0.0217. The summed E-state index contributed by atoms with van der Waals surface area (Å²) in [5, 5.41) is -0.559. The fraction of sp³-hybridized carbons (Fsp3) is 0.250. The summed E-state index contributed by atoms with van der Waals surface area (Å²) in [7, 11) is 0. The molecule has 2 nitrogen and oxygen atoms in total. The quantitative estimate of drug-likeness (QED) is 0.570. The van der Waals surface area contributed by atoms with Crippen LogP contribution in [0.2, 0.25) is 5.15 Å². The standard InChI is InChI=1S/C8H5ClF3NO/c1-8(11,12)6(14)5-4(10)2-3-13-7(5)9/h2-3H,1H3. The van der Waals surface area contributed by atoms with E-state index < -0.39 is 28.2 Å². The predicted molar refractivity (Wildman–Crippen MR) is 44.2 cm³/mol. The highest BCUT2D eigenvalue weighted by Gasteiger charge is 2.36. The Balaban J connectivity index is 3.26. The predicted octanol–water partition coefficient (Wildman–Crippen LogP) is 2.71. The van der Waals surface area contributed by atoms with Crippen LogP contribution >= 0.6 is 11.6 Å². The summed E-state index contributed by atoms with van der Waals surface area (Å²) in [6.45, 7) is 0.373. The first kappa shape index (κ1) is 11.0. The molecule has 0 saturated carbocycles. The van der Waals surface area contributed by atoms with Crippen molar-refractivity contribution in [3.63, 3.8) is 0 Å². The van der Waals surface area contributed by atoms with Gasteiger partial charge in [0.2, 0.25) is 5.78 Å². The van der Waals surface area contributed by atoms with Gasteiger partial charge in [-0.1, -0.05) is 11.6 Å². The monoisotopic (exact) mass is 223 g/mol. The van der Waals surface area contributed by atoms with E-state index in [1.165, 1.54) is 0 Å². The zero-order valence-electron chi connectivity index (χ0n) is 7.02. The maximum Gasteiger partial charge on any atom is 0.307 e. The third kappa shape index (κ3) is 2.04. The van der Waals surface area contributed by atoms with Gasteiger partial charge in [0.25, 0.3) is 0 Å². The minimum absolute atomic E-state index is 0.373. The SMILES string of the molecule is CC(F)(F)C(=O)c1c(F)ccnc1Cl. The Morgan fingerprint density at radius 1 is 1.57 bits per heavy atom. The highest BCUT2D eigenvalue weighted by atomic mass is 35.5. The Morgan fingerprint density at radius 2 is 2.14 bits per heavy atom. The van der Waals surface area contributed by atoms with E-state index in [2.05, 4.69) is 4.98 Å². The number of aromatic nitrogens is 1. The molecule has 0 fully saturated rings. The summed E-state index contributed by atoms with van der Waals surface area (Å²) in [4.78, 5) is 14.3. The van der Waals surface area contributed by atoms with Crippen molar-refractivity contribution in [1.29, 1.82) is 0 Å². The average Bonchev–Trinajstić information content (AvgIpc) is 2.01. The van der Waals surface area contributed by atoms with E-state index in [1.807, 2.05) is 0 Å². The summed E-state index contributed by atoms with van der Waals surface area (Å²) in [5.74, 6) is -6.43. The Kier molecular flexibility index (Phi) is 2.80. The lowest BCUT2D eigenvalue weighted by atomic mass is 10.1. The Hall–Kier alpha value is -1.10. The van der Waals surface area contributed by atoms with Gasteiger partial charge in [-0.15, -0.1) is 0 Å².